The van der Waals surface area contributed by atoms with E-state index in [9.17, 15) is 14.9 Å². The van der Waals surface area contributed by atoms with Crippen molar-refractivity contribution in [3.05, 3.63) is 99.1 Å². The number of aromatic nitrogens is 1. The van der Waals surface area contributed by atoms with Gasteiger partial charge in [0.05, 0.1) is 32.4 Å². The summed E-state index contributed by atoms with van der Waals surface area (Å²) in [6, 6.07) is 20.9. The molecule has 1 aromatic heterocycles. The zero-order chi connectivity index (χ0) is 21.3. The highest BCUT2D eigenvalue weighted by molar-refractivity contribution is 6.34. The molecule has 0 radical (unpaired) electrons. The third-order valence-corrected chi connectivity index (χ3v) is 5.00. The van der Waals surface area contributed by atoms with E-state index in [0.29, 0.717) is 27.8 Å². The van der Waals surface area contributed by atoms with Gasteiger partial charge in [0, 0.05) is 23.1 Å². The first-order valence-corrected chi connectivity index (χ1v) is 9.52. The largest absolute Gasteiger partial charge is 0.321 e. The van der Waals surface area contributed by atoms with Gasteiger partial charge < -0.3 is 5.32 Å². The van der Waals surface area contributed by atoms with Crippen LogP contribution in [0, 0.1) is 17.0 Å². The highest BCUT2D eigenvalue weighted by atomic mass is 35.5. The SMILES string of the molecule is Cc1cccc(-c2cc(C(=O)Nc3ccc([N+](=O)[O-])cc3Cl)c3ccccc3n2)c1. The molecule has 148 valence electrons. The Balaban J connectivity index is 1.77. The molecule has 1 amide bonds. The van der Waals surface area contributed by atoms with Crippen LogP contribution in [0.15, 0.2) is 72.8 Å². The minimum atomic E-state index is -0.540. The highest BCUT2D eigenvalue weighted by Gasteiger charge is 2.17. The number of nitrogens with one attached hydrogen (secondary N) is 1. The fourth-order valence-corrected chi connectivity index (χ4v) is 3.45. The van der Waals surface area contributed by atoms with Gasteiger partial charge in [-0.05, 0) is 31.2 Å². The van der Waals surface area contributed by atoms with Crippen LogP contribution < -0.4 is 5.32 Å². The zero-order valence-corrected chi connectivity index (χ0v) is 16.7. The number of hydrogen-bond donors (Lipinski definition) is 1. The molecule has 1 N–H and O–H groups in total. The van der Waals surface area contributed by atoms with Crippen LogP contribution in [0.25, 0.3) is 22.2 Å². The molecular weight excluding hydrogens is 402 g/mol. The quantitative estimate of drug-likeness (QED) is 0.324. The molecule has 6 nitrogen and oxygen atoms in total. The molecule has 0 fully saturated rings. The third kappa shape index (κ3) is 3.86. The summed E-state index contributed by atoms with van der Waals surface area (Å²) in [7, 11) is 0. The molecule has 0 saturated carbocycles. The number of anilines is 1. The summed E-state index contributed by atoms with van der Waals surface area (Å²) in [6.07, 6.45) is 0. The van der Waals surface area contributed by atoms with Crippen LogP contribution in [0.3, 0.4) is 0 Å². The van der Waals surface area contributed by atoms with E-state index in [2.05, 4.69) is 5.32 Å². The van der Waals surface area contributed by atoms with Crippen molar-refractivity contribution in [2.75, 3.05) is 5.32 Å². The van der Waals surface area contributed by atoms with E-state index in [-0.39, 0.29) is 16.6 Å². The number of fused-ring (bicyclic) bond motifs is 1. The van der Waals surface area contributed by atoms with E-state index in [0.717, 1.165) is 11.1 Å². The molecule has 4 aromatic rings. The molecule has 0 bridgehead atoms. The van der Waals surface area contributed by atoms with Gasteiger partial charge in [0.2, 0.25) is 0 Å². The summed E-state index contributed by atoms with van der Waals surface area (Å²) in [5, 5.41) is 14.4. The number of aryl methyl sites for hydroxylation is 1. The van der Waals surface area contributed by atoms with Crippen LogP contribution >= 0.6 is 11.6 Å². The number of hydrogen-bond acceptors (Lipinski definition) is 4. The van der Waals surface area contributed by atoms with Gasteiger partial charge in [-0.2, -0.15) is 0 Å². The van der Waals surface area contributed by atoms with E-state index in [1.165, 1.54) is 18.2 Å². The van der Waals surface area contributed by atoms with E-state index in [1.807, 2.05) is 55.5 Å². The number of para-hydroxylation sites is 1. The van der Waals surface area contributed by atoms with Crippen LogP contribution in [0.5, 0.6) is 0 Å². The van der Waals surface area contributed by atoms with Gasteiger partial charge in [-0.25, -0.2) is 4.98 Å². The number of rotatable bonds is 4. The molecule has 0 saturated heterocycles. The van der Waals surface area contributed by atoms with Gasteiger partial charge in [-0.3, -0.25) is 14.9 Å². The lowest BCUT2D eigenvalue weighted by Crippen LogP contribution is -2.13. The van der Waals surface area contributed by atoms with Crippen LogP contribution in [0.1, 0.15) is 15.9 Å². The minimum Gasteiger partial charge on any atom is -0.321 e. The summed E-state index contributed by atoms with van der Waals surface area (Å²) >= 11 is 6.14. The monoisotopic (exact) mass is 417 g/mol. The van der Waals surface area contributed by atoms with Gasteiger partial charge in [0.1, 0.15) is 0 Å². The summed E-state index contributed by atoms with van der Waals surface area (Å²) < 4.78 is 0. The van der Waals surface area contributed by atoms with E-state index in [1.54, 1.807) is 6.07 Å². The molecule has 7 heteroatoms. The molecule has 0 atom stereocenters. The van der Waals surface area contributed by atoms with Crippen LogP contribution in [0.2, 0.25) is 5.02 Å². The first-order valence-electron chi connectivity index (χ1n) is 9.14. The summed E-state index contributed by atoms with van der Waals surface area (Å²) in [5.41, 5.74) is 3.95. The van der Waals surface area contributed by atoms with E-state index in [4.69, 9.17) is 16.6 Å². The molecule has 0 aliphatic carbocycles. The number of amides is 1. The molecule has 30 heavy (non-hydrogen) atoms. The second-order valence-corrected chi connectivity index (χ2v) is 7.22. The number of non-ortho nitro benzene ring substituents is 1. The maximum Gasteiger partial charge on any atom is 0.271 e. The topological polar surface area (TPSA) is 85.1 Å². The summed E-state index contributed by atoms with van der Waals surface area (Å²) in [5.74, 6) is -0.377. The number of nitro benzene ring substituents is 1. The number of carbonyl (C=O) groups excluding carboxylic acids is 1. The van der Waals surface area contributed by atoms with Crippen molar-refractivity contribution in [3.8, 4) is 11.3 Å². The number of halogens is 1. The number of nitro groups is 1. The van der Waals surface area contributed by atoms with Crippen molar-refractivity contribution in [2.24, 2.45) is 0 Å². The normalized spacial score (nSPS) is 10.7. The Bertz CT molecular complexity index is 1300. The van der Waals surface area contributed by atoms with Gasteiger partial charge in [0.25, 0.3) is 11.6 Å². The Kier molecular flexibility index (Phi) is 5.16. The lowest BCUT2D eigenvalue weighted by atomic mass is 10.0. The van der Waals surface area contributed by atoms with Gasteiger partial charge in [-0.15, -0.1) is 0 Å². The molecule has 0 unspecified atom stereocenters. The molecule has 0 aliphatic rings. The van der Waals surface area contributed by atoms with Crippen molar-refractivity contribution in [2.45, 2.75) is 6.92 Å². The average molecular weight is 418 g/mol. The number of nitrogens with zero attached hydrogens (tertiary/aromatic N) is 2. The van der Waals surface area contributed by atoms with Crippen LogP contribution in [-0.4, -0.2) is 15.8 Å². The fraction of sp³-hybridized carbons (Fsp3) is 0.0435. The average Bonchev–Trinajstić information content (AvgIpc) is 2.74. The number of pyridine rings is 1. The molecule has 4 rings (SSSR count). The Morgan fingerprint density at radius 3 is 2.57 bits per heavy atom. The predicted octanol–water partition coefficient (Wildman–Crippen LogP) is 6.02. The second-order valence-electron chi connectivity index (χ2n) is 6.82. The second kappa shape index (κ2) is 7.93. The van der Waals surface area contributed by atoms with Crippen molar-refractivity contribution in [3.63, 3.8) is 0 Å². The fourth-order valence-electron chi connectivity index (χ4n) is 3.22. The summed E-state index contributed by atoms with van der Waals surface area (Å²) in [4.78, 5) is 28.2. The highest BCUT2D eigenvalue weighted by Crippen LogP contribution is 2.29. The Hall–Kier alpha value is -3.77. The molecule has 0 spiro atoms. The predicted molar refractivity (Wildman–Crippen MR) is 118 cm³/mol. The maximum absolute atomic E-state index is 13.1. The number of carbonyl (C=O) groups is 1. The van der Waals surface area contributed by atoms with Crippen molar-refractivity contribution < 1.29 is 9.72 Å². The molecule has 0 aliphatic heterocycles. The van der Waals surface area contributed by atoms with Crippen molar-refractivity contribution in [1.29, 1.82) is 0 Å². The third-order valence-electron chi connectivity index (χ3n) is 4.69. The van der Waals surface area contributed by atoms with Gasteiger partial charge in [0.15, 0.2) is 0 Å². The first-order chi connectivity index (χ1) is 14.4. The number of benzene rings is 3. The Labute approximate surface area is 177 Å². The van der Waals surface area contributed by atoms with Crippen LogP contribution in [0.4, 0.5) is 11.4 Å². The zero-order valence-electron chi connectivity index (χ0n) is 15.9. The minimum absolute atomic E-state index is 0.0924. The van der Waals surface area contributed by atoms with Gasteiger partial charge in [-0.1, -0.05) is 53.6 Å². The Morgan fingerprint density at radius 2 is 1.83 bits per heavy atom. The molecular formula is C23H16ClN3O3. The summed E-state index contributed by atoms with van der Waals surface area (Å²) in [6.45, 7) is 1.99. The smallest absolute Gasteiger partial charge is 0.271 e. The lowest BCUT2D eigenvalue weighted by Gasteiger charge is -2.12. The molecule has 1 heterocycles. The van der Waals surface area contributed by atoms with E-state index >= 15 is 0 Å². The maximum atomic E-state index is 13.1. The van der Waals surface area contributed by atoms with Crippen molar-refractivity contribution in [1.82, 2.24) is 4.98 Å². The van der Waals surface area contributed by atoms with E-state index < -0.39 is 4.92 Å². The van der Waals surface area contributed by atoms with Crippen molar-refractivity contribution >= 4 is 39.8 Å². The lowest BCUT2D eigenvalue weighted by molar-refractivity contribution is -0.384. The van der Waals surface area contributed by atoms with Crippen LogP contribution in [-0.2, 0) is 0 Å². The first kappa shape index (κ1) is 19.5. The Morgan fingerprint density at radius 1 is 1.03 bits per heavy atom. The standard InChI is InChI=1S/C23H16ClN3O3/c1-14-5-4-6-15(11-14)22-13-18(17-7-2-3-8-20(17)25-22)23(28)26-21-10-9-16(27(29)30)12-19(21)24/h2-13H,1H3,(H,26,28). The molecule has 3 aromatic carbocycles. The van der Waals surface area contributed by atoms with Gasteiger partial charge >= 0.3 is 0 Å².